The number of rotatable bonds is 8. The predicted molar refractivity (Wildman–Crippen MR) is 99.4 cm³/mol. The first-order chi connectivity index (χ1) is 13.0. The number of esters is 1. The minimum atomic E-state index is -0.544. The predicted octanol–water partition coefficient (Wildman–Crippen LogP) is 2.49. The normalized spacial score (nSPS) is 10.1. The van der Waals surface area contributed by atoms with E-state index in [4.69, 9.17) is 18.9 Å². The number of aryl methyl sites for hydroxylation is 1. The van der Waals surface area contributed by atoms with Crippen LogP contribution in [0, 0.1) is 6.92 Å². The van der Waals surface area contributed by atoms with Gasteiger partial charge in [-0.05, 0) is 36.8 Å². The van der Waals surface area contributed by atoms with Gasteiger partial charge in [-0.1, -0.05) is 17.7 Å². The summed E-state index contributed by atoms with van der Waals surface area (Å²) in [5.41, 5.74) is 2.19. The van der Waals surface area contributed by atoms with Crippen LogP contribution >= 0.6 is 0 Å². The Hall–Kier alpha value is -3.22. The number of methoxy groups -OCH3 is 3. The topological polar surface area (TPSA) is 83.1 Å². The van der Waals surface area contributed by atoms with E-state index in [1.54, 1.807) is 36.4 Å². The minimum Gasteiger partial charge on any atom is -0.493 e. The number of ether oxygens (including phenoxy) is 4. The Labute approximate surface area is 158 Å². The molecule has 1 amide bonds. The fraction of sp³-hybridized carbons (Fsp3) is 0.300. The molecule has 0 heterocycles. The summed E-state index contributed by atoms with van der Waals surface area (Å²) < 4.78 is 20.8. The van der Waals surface area contributed by atoms with E-state index < -0.39 is 11.9 Å². The van der Waals surface area contributed by atoms with E-state index in [1.165, 1.54) is 21.3 Å². The number of carbonyl (C=O) groups excluding carboxylic acids is 2. The molecule has 2 rings (SSSR count). The quantitative estimate of drug-likeness (QED) is 0.716. The lowest BCUT2D eigenvalue weighted by atomic mass is 10.1. The summed E-state index contributed by atoms with van der Waals surface area (Å²) in [4.78, 5) is 23.9. The van der Waals surface area contributed by atoms with Gasteiger partial charge in [-0.3, -0.25) is 4.79 Å². The first-order valence-corrected chi connectivity index (χ1v) is 8.27. The summed E-state index contributed by atoms with van der Waals surface area (Å²) in [6.45, 7) is 1.78. The highest BCUT2D eigenvalue weighted by Crippen LogP contribution is 2.38. The summed E-state index contributed by atoms with van der Waals surface area (Å²) in [5.74, 6) is 0.503. The van der Waals surface area contributed by atoms with E-state index in [1.807, 2.05) is 6.92 Å². The zero-order valence-corrected chi connectivity index (χ0v) is 15.8. The van der Waals surface area contributed by atoms with Crippen molar-refractivity contribution in [3.63, 3.8) is 0 Å². The van der Waals surface area contributed by atoms with Crippen molar-refractivity contribution >= 4 is 11.9 Å². The van der Waals surface area contributed by atoms with Crippen LogP contribution in [-0.4, -0.2) is 39.8 Å². The lowest BCUT2D eigenvalue weighted by Gasteiger charge is -2.14. The summed E-state index contributed by atoms with van der Waals surface area (Å²) >= 11 is 0. The lowest BCUT2D eigenvalue weighted by Crippen LogP contribution is -2.28. The summed E-state index contributed by atoms with van der Waals surface area (Å²) in [6, 6.07) is 10.4. The molecule has 0 saturated carbocycles. The molecule has 0 aliphatic heterocycles. The minimum absolute atomic E-state index is 0.220. The zero-order valence-electron chi connectivity index (χ0n) is 15.8. The van der Waals surface area contributed by atoms with Gasteiger partial charge in [-0.15, -0.1) is 0 Å². The van der Waals surface area contributed by atoms with Crippen LogP contribution in [0.5, 0.6) is 17.2 Å². The molecule has 7 heteroatoms. The van der Waals surface area contributed by atoms with Crippen LogP contribution in [0.1, 0.15) is 21.5 Å². The molecule has 0 aliphatic rings. The number of hydrogen-bond acceptors (Lipinski definition) is 6. The van der Waals surface area contributed by atoms with E-state index >= 15 is 0 Å². The molecule has 0 atom stereocenters. The molecule has 0 fully saturated rings. The smallest absolute Gasteiger partial charge is 0.338 e. The van der Waals surface area contributed by atoms with Crippen molar-refractivity contribution in [2.45, 2.75) is 13.5 Å². The highest BCUT2D eigenvalue weighted by atomic mass is 16.5. The second kappa shape index (κ2) is 9.47. The molecule has 144 valence electrons. The Balaban J connectivity index is 1.91. The maximum Gasteiger partial charge on any atom is 0.338 e. The van der Waals surface area contributed by atoms with E-state index in [0.29, 0.717) is 22.8 Å². The third-order valence-corrected chi connectivity index (χ3v) is 3.84. The van der Waals surface area contributed by atoms with Crippen molar-refractivity contribution in [3.8, 4) is 17.2 Å². The number of carbonyl (C=O) groups is 2. The summed E-state index contributed by atoms with van der Waals surface area (Å²) in [6.07, 6.45) is 0. The SMILES string of the molecule is COc1cc(CNC(=O)COC(=O)c2ccc(C)cc2)cc(OC)c1OC. The molecule has 1 N–H and O–H groups in total. The highest BCUT2D eigenvalue weighted by molar-refractivity contribution is 5.91. The van der Waals surface area contributed by atoms with Gasteiger partial charge in [-0.25, -0.2) is 4.79 Å². The van der Waals surface area contributed by atoms with Crippen LogP contribution in [0.2, 0.25) is 0 Å². The van der Waals surface area contributed by atoms with Gasteiger partial charge in [0, 0.05) is 6.54 Å². The maximum absolute atomic E-state index is 12.0. The Morgan fingerprint density at radius 3 is 2.04 bits per heavy atom. The van der Waals surface area contributed by atoms with Gasteiger partial charge in [0.25, 0.3) is 5.91 Å². The monoisotopic (exact) mass is 373 g/mol. The Morgan fingerprint density at radius 1 is 0.926 bits per heavy atom. The standard InChI is InChI=1S/C20H23NO6/c1-13-5-7-15(8-6-13)20(23)27-12-18(22)21-11-14-9-16(24-2)19(26-4)17(10-14)25-3/h5-10H,11-12H2,1-4H3,(H,21,22). The van der Waals surface area contributed by atoms with Gasteiger partial charge in [0.2, 0.25) is 5.75 Å². The van der Waals surface area contributed by atoms with Crippen molar-refractivity contribution < 1.29 is 28.5 Å². The van der Waals surface area contributed by atoms with Crippen LogP contribution in [0.4, 0.5) is 0 Å². The van der Waals surface area contributed by atoms with Crippen LogP contribution in [0.15, 0.2) is 36.4 Å². The third-order valence-electron chi connectivity index (χ3n) is 3.84. The fourth-order valence-corrected chi connectivity index (χ4v) is 2.39. The first-order valence-electron chi connectivity index (χ1n) is 8.27. The average Bonchev–Trinajstić information content (AvgIpc) is 2.69. The molecule has 0 saturated heterocycles. The molecule has 7 nitrogen and oxygen atoms in total. The third kappa shape index (κ3) is 5.37. The van der Waals surface area contributed by atoms with Crippen molar-refractivity contribution in [1.29, 1.82) is 0 Å². The average molecular weight is 373 g/mol. The molecular formula is C20H23NO6. The molecule has 2 aromatic carbocycles. The number of hydrogen-bond donors (Lipinski definition) is 1. The number of benzene rings is 2. The largest absolute Gasteiger partial charge is 0.493 e. The van der Waals surface area contributed by atoms with E-state index in [9.17, 15) is 9.59 Å². The van der Waals surface area contributed by atoms with Crippen LogP contribution in [0.25, 0.3) is 0 Å². The van der Waals surface area contributed by atoms with Gasteiger partial charge in [-0.2, -0.15) is 0 Å². The number of amides is 1. The van der Waals surface area contributed by atoms with Crippen LogP contribution in [-0.2, 0) is 16.1 Å². The summed E-state index contributed by atoms with van der Waals surface area (Å²) in [5, 5.41) is 2.69. The van der Waals surface area contributed by atoms with E-state index in [-0.39, 0.29) is 13.2 Å². The van der Waals surface area contributed by atoms with E-state index in [0.717, 1.165) is 11.1 Å². The zero-order chi connectivity index (χ0) is 19.8. The second-order valence-electron chi connectivity index (χ2n) is 5.75. The van der Waals surface area contributed by atoms with Crippen LogP contribution < -0.4 is 19.5 Å². The Kier molecular flexibility index (Phi) is 7.05. The number of nitrogens with one attached hydrogen (secondary N) is 1. The lowest BCUT2D eigenvalue weighted by molar-refractivity contribution is -0.124. The molecule has 2 aromatic rings. The molecule has 27 heavy (non-hydrogen) atoms. The van der Waals surface area contributed by atoms with Gasteiger partial charge in [0.15, 0.2) is 18.1 Å². The molecule has 0 unspecified atom stereocenters. The molecule has 0 bridgehead atoms. The van der Waals surface area contributed by atoms with E-state index in [2.05, 4.69) is 5.32 Å². The fourth-order valence-electron chi connectivity index (χ4n) is 2.39. The van der Waals surface area contributed by atoms with Crippen molar-refractivity contribution in [1.82, 2.24) is 5.32 Å². The first kappa shape index (κ1) is 20.1. The molecule has 0 aromatic heterocycles. The van der Waals surface area contributed by atoms with Gasteiger partial charge in [0.05, 0.1) is 26.9 Å². The maximum atomic E-state index is 12.0. The molecule has 0 aliphatic carbocycles. The van der Waals surface area contributed by atoms with Crippen molar-refractivity contribution in [2.24, 2.45) is 0 Å². The molecule has 0 radical (unpaired) electrons. The van der Waals surface area contributed by atoms with Gasteiger partial charge < -0.3 is 24.3 Å². The second-order valence-corrected chi connectivity index (χ2v) is 5.75. The van der Waals surface area contributed by atoms with Gasteiger partial charge >= 0.3 is 5.97 Å². The summed E-state index contributed by atoms with van der Waals surface area (Å²) in [7, 11) is 4.55. The van der Waals surface area contributed by atoms with Crippen molar-refractivity contribution in [2.75, 3.05) is 27.9 Å². The highest BCUT2D eigenvalue weighted by Gasteiger charge is 2.14. The van der Waals surface area contributed by atoms with Crippen LogP contribution in [0.3, 0.4) is 0 Å². The Bertz CT molecular complexity index is 776. The van der Waals surface area contributed by atoms with Gasteiger partial charge in [0.1, 0.15) is 0 Å². The van der Waals surface area contributed by atoms with Crippen molar-refractivity contribution in [3.05, 3.63) is 53.1 Å². The molecular weight excluding hydrogens is 350 g/mol. The Morgan fingerprint density at radius 2 is 1.52 bits per heavy atom. The molecule has 0 spiro atoms.